The number of nitrogens with zero attached hydrogens (tertiary/aromatic N) is 2. The van der Waals surface area contributed by atoms with Crippen molar-refractivity contribution in [2.75, 3.05) is 24.5 Å². The second-order valence-corrected chi connectivity index (χ2v) is 6.67. The van der Waals surface area contributed by atoms with E-state index in [1.807, 2.05) is 6.20 Å². The van der Waals surface area contributed by atoms with Crippen molar-refractivity contribution in [1.29, 1.82) is 0 Å². The van der Waals surface area contributed by atoms with Crippen LogP contribution in [0.1, 0.15) is 31.2 Å². The van der Waals surface area contributed by atoms with Crippen LogP contribution in [-0.4, -0.2) is 30.7 Å². The van der Waals surface area contributed by atoms with Gasteiger partial charge in [0.1, 0.15) is 5.82 Å². The van der Waals surface area contributed by atoms with Gasteiger partial charge in [0, 0.05) is 25.3 Å². The molecule has 0 radical (unpaired) electrons. The lowest BCUT2D eigenvalue weighted by Gasteiger charge is -2.33. The molecule has 0 unspecified atom stereocenters. The molecule has 0 amide bonds. The fourth-order valence-corrected chi connectivity index (χ4v) is 3.20. The maximum Gasteiger partial charge on any atom is 0.143 e. The van der Waals surface area contributed by atoms with Gasteiger partial charge in [-0.1, -0.05) is 0 Å². The summed E-state index contributed by atoms with van der Waals surface area (Å²) in [7, 11) is 0. The van der Waals surface area contributed by atoms with Gasteiger partial charge >= 0.3 is 0 Å². The first-order valence-corrected chi connectivity index (χ1v) is 8.13. The molecule has 3 nitrogen and oxygen atoms in total. The summed E-state index contributed by atoms with van der Waals surface area (Å²) in [5.41, 5.74) is 1.27. The molecule has 1 aromatic rings. The minimum Gasteiger partial charge on any atom is -0.356 e. The molecule has 0 aromatic carbocycles. The van der Waals surface area contributed by atoms with E-state index in [4.69, 9.17) is 0 Å². The maximum atomic E-state index is 4.54. The number of nitrogens with one attached hydrogen (secondary N) is 1. The van der Waals surface area contributed by atoms with Crippen molar-refractivity contribution < 1.29 is 0 Å². The Morgan fingerprint density at radius 1 is 1.32 bits per heavy atom. The van der Waals surface area contributed by atoms with Crippen LogP contribution in [0.15, 0.2) is 16.7 Å². The van der Waals surface area contributed by atoms with E-state index in [1.165, 1.54) is 37.8 Å². The first-order chi connectivity index (χ1) is 9.24. The number of aryl methyl sites for hydroxylation is 1. The van der Waals surface area contributed by atoms with Gasteiger partial charge in [-0.25, -0.2) is 4.98 Å². The van der Waals surface area contributed by atoms with Crippen LogP contribution < -0.4 is 10.2 Å². The number of pyridine rings is 1. The van der Waals surface area contributed by atoms with Crippen LogP contribution in [0, 0.1) is 12.8 Å². The summed E-state index contributed by atoms with van der Waals surface area (Å²) in [6, 6.07) is 2.89. The van der Waals surface area contributed by atoms with Crippen molar-refractivity contribution in [1.82, 2.24) is 10.3 Å². The SMILES string of the molecule is Cc1ccnc(N2CCC(CNC3CC3)CC2)c1Br. The van der Waals surface area contributed by atoms with Gasteiger partial charge in [0.25, 0.3) is 0 Å². The van der Waals surface area contributed by atoms with E-state index in [1.54, 1.807) is 0 Å². The minimum atomic E-state index is 0.839. The molecule has 0 atom stereocenters. The van der Waals surface area contributed by atoms with E-state index in [9.17, 15) is 0 Å². The van der Waals surface area contributed by atoms with Crippen LogP contribution >= 0.6 is 15.9 Å². The Bertz CT molecular complexity index is 437. The zero-order chi connectivity index (χ0) is 13.2. The third kappa shape index (κ3) is 3.29. The number of piperidine rings is 1. The highest BCUT2D eigenvalue weighted by Gasteiger charge is 2.25. The van der Waals surface area contributed by atoms with Crippen LogP contribution in [0.5, 0.6) is 0 Å². The Morgan fingerprint density at radius 2 is 2.05 bits per heavy atom. The summed E-state index contributed by atoms with van der Waals surface area (Å²) in [6.07, 6.45) is 7.25. The second-order valence-electron chi connectivity index (χ2n) is 5.88. The number of halogens is 1. The summed E-state index contributed by atoms with van der Waals surface area (Å²) in [5, 5.41) is 3.66. The van der Waals surface area contributed by atoms with Gasteiger partial charge in [-0.05, 0) is 72.6 Å². The van der Waals surface area contributed by atoms with Gasteiger partial charge in [0.15, 0.2) is 0 Å². The monoisotopic (exact) mass is 323 g/mol. The molecule has 1 aromatic heterocycles. The van der Waals surface area contributed by atoms with Crippen LogP contribution in [0.25, 0.3) is 0 Å². The van der Waals surface area contributed by atoms with Gasteiger partial charge in [-0.3, -0.25) is 0 Å². The summed E-state index contributed by atoms with van der Waals surface area (Å²) >= 11 is 3.67. The Balaban J connectivity index is 1.55. The fraction of sp³-hybridized carbons (Fsp3) is 0.667. The van der Waals surface area contributed by atoms with E-state index in [0.29, 0.717) is 0 Å². The molecule has 2 fully saturated rings. The van der Waals surface area contributed by atoms with E-state index < -0.39 is 0 Å². The van der Waals surface area contributed by atoms with Crippen LogP contribution in [0.2, 0.25) is 0 Å². The first kappa shape index (κ1) is 13.4. The number of anilines is 1. The average Bonchev–Trinajstić information content (AvgIpc) is 3.25. The van der Waals surface area contributed by atoms with Crippen molar-refractivity contribution in [2.45, 2.75) is 38.6 Å². The predicted molar refractivity (Wildman–Crippen MR) is 82.6 cm³/mol. The van der Waals surface area contributed by atoms with Gasteiger partial charge in [-0.15, -0.1) is 0 Å². The molecule has 3 rings (SSSR count). The molecule has 1 aliphatic heterocycles. The molecular formula is C15H22BrN3. The molecule has 2 aliphatic rings. The lowest BCUT2D eigenvalue weighted by molar-refractivity contribution is 0.380. The van der Waals surface area contributed by atoms with Crippen LogP contribution in [0.4, 0.5) is 5.82 Å². The molecule has 1 aliphatic carbocycles. The first-order valence-electron chi connectivity index (χ1n) is 7.33. The highest BCUT2D eigenvalue weighted by atomic mass is 79.9. The second kappa shape index (κ2) is 5.80. The van der Waals surface area contributed by atoms with E-state index in [0.717, 1.165) is 35.3 Å². The quantitative estimate of drug-likeness (QED) is 0.922. The predicted octanol–water partition coefficient (Wildman–Crippen LogP) is 3.12. The zero-order valence-corrected chi connectivity index (χ0v) is 13.1. The molecule has 0 bridgehead atoms. The van der Waals surface area contributed by atoms with Gasteiger partial charge in [0.05, 0.1) is 4.47 Å². The summed E-state index contributed by atoms with van der Waals surface area (Å²) in [5.74, 6) is 1.97. The molecule has 2 heterocycles. The Labute approximate surface area is 123 Å². The van der Waals surface area contributed by atoms with Crippen molar-refractivity contribution in [3.8, 4) is 0 Å². The summed E-state index contributed by atoms with van der Waals surface area (Å²) in [4.78, 5) is 6.96. The molecule has 1 saturated carbocycles. The number of aromatic nitrogens is 1. The Kier molecular flexibility index (Phi) is 4.08. The molecule has 1 saturated heterocycles. The minimum absolute atomic E-state index is 0.839. The van der Waals surface area contributed by atoms with Gasteiger partial charge < -0.3 is 10.2 Å². The van der Waals surface area contributed by atoms with Crippen molar-refractivity contribution in [2.24, 2.45) is 5.92 Å². The van der Waals surface area contributed by atoms with E-state index >= 15 is 0 Å². The standard InChI is InChI=1S/C15H22BrN3/c1-11-4-7-17-15(14(11)16)19-8-5-12(6-9-19)10-18-13-2-3-13/h4,7,12-13,18H,2-3,5-6,8-10H2,1H3. The number of hydrogen-bond donors (Lipinski definition) is 1. The number of rotatable bonds is 4. The largest absolute Gasteiger partial charge is 0.356 e. The normalized spacial score (nSPS) is 20.8. The Hall–Kier alpha value is -0.610. The van der Waals surface area contributed by atoms with Crippen LogP contribution in [0.3, 0.4) is 0 Å². The molecule has 104 valence electrons. The smallest absolute Gasteiger partial charge is 0.143 e. The summed E-state index contributed by atoms with van der Waals surface area (Å²) < 4.78 is 1.16. The average molecular weight is 324 g/mol. The highest BCUT2D eigenvalue weighted by Crippen LogP contribution is 2.30. The lowest BCUT2D eigenvalue weighted by atomic mass is 9.96. The van der Waals surface area contributed by atoms with Gasteiger partial charge in [-0.2, -0.15) is 0 Å². The fourth-order valence-electron chi connectivity index (χ4n) is 2.72. The third-order valence-corrected chi connectivity index (χ3v) is 5.23. The molecule has 4 heteroatoms. The zero-order valence-electron chi connectivity index (χ0n) is 11.5. The molecule has 19 heavy (non-hydrogen) atoms. The lowest BCUT2D eigenvalue weighted by Crippen LogP contribution is -2.38. The van der Waals surface area contributed by atoms with Crippen LogP contribution in [-0.2, 0) is 0 Å². The topological polar surface area (TPSA) is 28.2 Å². The molecule has 1 N–H and O–H groups in total. The molecule has 0 spiro atoms. The maximum absolute atomic E-state index is 4.54. The number of hydrogen-bond acceptors (Lipinski definition) is 3. The van der Waals surface area contributed by atoms with Gasteiger partial charge in [0.2, 0.25) is 0 Å². The van der Waals surface area contributed by atoms with E-state index in [2.05, 4.69) is 44.1 Å². The van der Waals surface area contributed by atoms with Crippen molar-refractivity contribution in [3.63, 3.8) is 0 Å². The van der Waals surface area contributed by atoms with Crippen molar-refractivity contribution >= 4 is 21.7 Å². The third-order valence-electron chi connectivity index (χ3n) is 4.25. The summed E-state index contributed by atoms with van der Waals surface area (Å²) in [6.45, 7) is 5.60. The Morgan fingerprint density at radius 3 is 2.74 bits per heavy atom. The molecular weight excluding hydrogens is 302 g/mol. The highest BCUT2D eigenvalue weighted by molar-refractivity contribution is 9.10. The van der Waals surface area contributed by atoms with E-state index in [-0.39, 0.29) is 0 Å². The van der Waals surface area contributed by atoms with Crippen molar-refractivity contribution in [3.05, 3.63) is 22.3 Å².